The van der Waals surface area contributed by atoms with Crippen molar-refractivity contribution in [3.63, 3.8) is 0 Å². The molecule has 11 nitrogen and oxygen atoms in total. The van der Waals surface area contributed by atoms with E-state index in [0.717, 1.165) is 58.3 Å². The lowest BCUT2D eigenvalue weighted by Gasteiger charge is -2.14. The Morgan fingerprint density at radius 3 is 1.68 bits per heavy atom. The number of ether oxygens (including phenoxy) is 7. The normalized spacial score (nSPS) is 20.6. The van der Waals surface area contributed by atoms with E-state index in [0.29, 0.717) is 76.2 Å². The summed E-state index contributed by atoms with van der Waals surface area (Å²) >= 11 is 0. The van der Waals surface area contributed by atoms with Crippen molar-refractivity contribution < 1.29 is 42.7 Å². The van der Waals surface area contributed by atoms with E-state index < -0.39 is 0 Å². The van der Waals surface area contributed by atoms with Crippen molar-refractivity contribution in [3.8, 4) is 5.75 Å². The largest absolute Gasteiger partial charge is 0.493 e. The predicted molar refractivity (Wildman–Crippen MR) is 146 cm³/mol. The van der Waals surface area contributed by atoms with Gasteiger partial charge in [0, 0.05) is 38.5 Å². The fraction of sp³-hybridized carbons (Fsp3) is 0.724. The number of carbonyl (C=O) groups is 2. The number of rotatable bonds is 24. The molecule has 0 spiro atoms. The molecule has 2 N–H and O–H groups in total. The Labute approximate surface area is 236 Å². The molecule has 3 atom stereocenters. The first-order chi connectivity index (χ1) is 19.7. The third-order valence-corrected chi connectivity index (χ3v) is 6.55. The first-order valence-corrected chi connectivity index (χ1v) is 14.6. The van der Waals surface area contributed by atoms with E-state index in [-0.39, 0.29) is 30.1 Å². The van der Waals surface area contributed by atoms with Crippen molar-refractivity contribution in [1.29, 1.82) is 0 Å². The van der Waals surface area contributed by atoms with Crippen molar-refractivity contribution in [2.45, 2.75) is 56.8 Å². The van der Waals surface area contributed by atoms with Crippen molar-refractivity contribution in [3.05, 3.63) is 29.3 Å². The number of unbranched alkanes of at least 4 members (excludes halogenated alkanes) is 3. The minimum atomic E-state index is -0.223. The molecule has 11 heteroatoms. The third-order valence-electron chi connectivity index (χ3n) is 6.55. The van der Waals surface area contributed by atoms with E-state index in [2.05, 4.69) is 10.6 Å². The Morgan fingerprint density at radius 2 is 1.15 bits per heavy atom. The first kappa shape index (κ1) is 30.7. The Hall–Kier alpha value is -2.28. The van der Waals surface area contributed by atoms with Crippen molar-refractivity contribution in [2.24, 2.45) is 0 Å². The fourth-order valence-electron chi connectivity index (χ4n) is 3.86. The molecule has 0 radical (unpaired) electrons. The van der Waals surface area contributed by atoms with E-state index in [9.17, 15) is 9.59 Å². The quantitative estimate of drug-likeness (QED) is 0.143. The van der Waals surface area contributed by atoms with Crippen LogP contribution in [-0.2, 0) is 28.4 Å². The molecular formula is C29H44N2O9. The Bertz CT molecular complexity index is 903. The van der Waals surface area contributed by atoms with Crippen LogP contribution in [0.25, 0.3) is 0 Å². The molecule has 3 saturated heterocycles. The second kappa shape index (κ2) is 17.5. The molecule has 3 fully saturated rings. The summed E-state index contributed by atoms with van der Waals surface area (Å²) in [5.41, 5.74) is 0.871. The molecule has 1 aromatic rings. The molecule has 40 heavy (non-hydrogen) atoms. The van der Waals surface area contributed by atoms with Crippen LogP contribution in [0, 0.1) is 0 Å². The van der Waals surface area contributed by atoms with Gasteiger partial charge in [-0.05, 0) is 56.7 Å². The Kier molecular flexibility index (Phi) is 13.4. The number of hydrogen-bond donors (Lipinski definition) is 2. The lowest BCUT2D eigenvalue weighted by Crippen LogP contribution is -2.27. The molecule has 3 unspecified atom stereocenters. The molecule has 3 aliphatic rings. The molecule has 3 heterocycles. The summed E-state index contributed by atoms with van der Waals surface area (Å²) in [7, 11) is 0. The molecule has 2 amide bonds. The van der Waals surface area contributed by atoms with E-state index in [1.165, 1.54) is 0 Å². The topological polar surface area (TPSA) is 133 Å². The van der Waals surface area contributed by atoms with Crippen LogP contribution in [0.3, 0.4) is 0 Å². The van der Waals surface area contributed by atoms with E-state index in [4.69, 9.17) is 33.2 Å². The average Bonchev–Trinajstić information content (AvgIpc) is 3.80. The number of hydrogen-bond acceptors (Lipinski definition) is 9. The summed E-state index contributed by atoms with van der Waals surface area (Å²) < 4.78 is 38.0. The number of epoxide rings is 3. The van der Waals surface area contributed by atoms with Crippen molar-refractivity contribution in [2.75, 3.05) is 79.2 Å². The summed E-state index contributed by atoms with van der Waals surface area (Å²) in [5, 5.41) is 5.89. The summed E-state index contributed by atoms with van der Waals surface area (Å²) in [6, 6.07) is 4.97. The van der Waals surface area contributed by atoms with Crippen LogP contribution in [-0.4, -0.2) is 109 Å². The van der Waals surface area contributed by atoms with Crippen LogP contribution in [0.1, 0.15) is 59.2 Å². The van der Waals surface area contributed by atoms with E-state index >= 15 is 0 Å². The second-order valence-corrected chi connectivity index (χ2v) is 10.3. The van der Waals surface area contributed by atoms with E-state index in [1.807, 2.05) is 0 Å². The highest BCUT2D eigenvalue weighted by molar-refractivity contribution is 6.00. The minimum Gasteiger partial charge on any atom is -0.493 e. The van der Waals surface area contributed by atoms with Crippen molar-refractivity contribution >= 4 is 11.8 Å². The Morgan fingerprint density at radius 1 is 0.675 bits per heavy atom. The maximum absolute atomic E-state index is 12.9. The summed E-state index contributed by atoms with van der Waals surface area (Å²) in [5.74, 6) is -0.0177. The van der Waals surface area contributed by atoms with Crippen LogP contribution in [0.5, 0.6) is 5.75 Å². The maximum atomic E-state index is 12.9. The van der Waals surface area contributed by atoms with Gasteiger partial charge in [0.1, 0.15) is 24.1 Å². The SMILES string of the molecule is O=C(NCCCCOCC1CO1)c1ccc(C(=O)NCCCCOCC2CO2)c(OCCCCOCC2CO2)c1. The van der Waals surface area contributed by atoms with Gasteiger partial charge in [0.2, 0.25) is 0 Å². The van der Waals surface area contributed by atoms with Crippen LogP contribution >= 0.6 is 0 Å². The van der Waals surface area contributed by atoms with Gasteiger partial charge < -0.3 is 43.8 Å². The summed E-state index contributed by atoms with van der Waals surface area (Å²) in [6.07, 6.45) is 5.72. The van der Waals surface area contributed by atoms with Crippen LogP contribution in [0.4, 0.5) is 0 Å². The molecule has 1 aromatic carbocycles. The van der Waals surface area contributed by atoms with Gasteiger partial charge in [-0.1, -0.05) is 0 Å². The standard InChI is InChI=1S/C29H44N2O9/c32-28(30-9-1-3-11-34-16-23-19-38-23)22-7-8-26(29(33)31-10-2-4-12-35-17-24-20-39-24)27(15-22)37-14-6-5-13-36-18-25-21-40-25/h7-8,15,23-25H,1-6,9-14,16-21H2,(H,30,32)(H,31,33). The highest BCUT2D eigenvalue weighted by Crippen LogP contribution is 2.22. The first-order valence-electron chi connectivity index (χ1n) is 14.6. The highest BCUT2D eigenvalue weighted by Gasteiger charge is 2.23. The number of benzene rings is 1. The van der Waals surface area contributed by atoms with Gasteiger partial charge in [-0.3, -0.25) is 9.59 Å². The van der Waals surface area contributed by atoms with Gasteiger partial charge >= 0.3 is 0 Å². The van der Waals surface area contributed by atoms with Gasteiger partial charge in [0.25, 0.3) is 11.8 Å². The molecule has 0 aromatic heterocycles. The van der Waals surface area contributed by atoms with Gasteiger partial charge in [0.15, 0.2) is 0 Å². The van der Waals surface area contributed by atoms with Crippen molar-refractivity contribution in [1.82, 2.24) is 10.6 Å². The Balaban J connectivity index is 1.18. The lowest BCUT2D eigenvalue weighted by atomic mass is 10.1. The molecule has 3 aliphatic heterocycles. The highest BCUT2D eigenvalue weighted by atomic mass is 16.6. The second-order valence-electron chi connectivity index (χ2n) is 10.3. The smallest absolute Gasteiger partial charge is 0.255 e. The van der Waals surface area contributed by atoms with E-state index in [1.54, 1.807) is 18.2 Å². The van der Waals surface area contributed by atoms with Crippen LogP contribution in [0.15, 0.2) is 18.2 Å². The minimum absolute atomic E-state index is 0.198. The fourth-order valence-corrected chi connectivity index (χ4v) is 3.86. The van der Waals surface area contributed by atoms with Gasteiger partial charge in [-0.2, -0.15) is 0 Å². The summed E-state index contributed by atoms with van der Waals surface area (Å²) in [6.45, 7) is 7.70. The third kappa shape index (κ3) is 12.9. The molecule has 0 saturated carbocycles. The zero-order valence-corrected chi connectivity index (χ0v) is 23.4. The monoisotopic (exact) mass is 564 g/mol. The summed E-state index contributed by atoms with van der Waals surface area (Å²) in [4.78, 5) is 25.7. The maximum Gasteiger partial charge on any atom is 0.255 e. The van der Waals surface area contributed by atoms with Gasteiger partial charge in [-0.15, -0.1) is 0 Å². The average molecular weight is 565 g/mol. The lowest BCUT2D eigenvalue weighted by molar-refractivity contribution is 0.0929. The molecular weight excluding hydrogens is 520 g/mol. The zero-order chi connectivity index (χ0) is 27.8. The zero-order valence-electron chi connectivity index (χ0n) is 23.4. The number of nitrogens with one attached hydrogen (secondary N) is 2. The van der Waals surface area contributed by atoms with Gasteiger partial charge in [0.05, 0.1) is 51.8 Å². The molecule has 224 valence electrons. The molecule has 0 bridgehead atoms. The predicted octanol–water partition coefficient (Wildman–Crippen LogP) is 2.11. The number of carbonyl (C=O) groups excluding carboxylic acids is 2. The van der Waals surface area contributed by atoms with Gasteiger partial charge in [-0.25, -0.2) is 0 Å². The van der Waals surface area contributed by atoms with Crippen LogP contribution in [0.2, 0.25) is 0 Å². The molecule has 0 aliphatic carbocycles. The molecule has 4 rings (SSSR count). The number of amides is 2. The van der Waals surface area contributed by atoms with Crippen LogP contribution < -0.4 is 15.4 Å².